The van der Waals surface area contributed by atoms with Crippen molar-refractivity contribution in [3.05, 3.63) is 29.8 Å². The van der Waals surface area contributed by atoms with E-state index in [1.165, 1.54) is 31.4 Å². The minimum atomic E-state index is -1.58. The topological polar surface area (TPSA) is 146 Å². The molecule has 0 saturated carbocycles. The van der Waals surface area contributed by atoms with E-state index in [0.29, 0.717) is 5.56 Å². The molecule has 5 atom stereocenters. The molecule has 9 heteroatoms. The van der Waals surface area contributed by atoms with Gasteiger partial charge in [0.15, 0.2) is 0 Å². The van der Waals surface area contributed by atoms with E-state index in [0.717, 1.165) is 6.08 Å². The molecule has 0 spiro atoms. The molecule has 1 heterocycles. The second-order valence-electron chi connectivity index (χ2n) is 5.43. The van der Waals surface area contributed by atoms with Crippen LogP contribution in [-0.4, -0.2) is 75.9 Å². The van der Waals surface area contributed by atoms with Gasteiger partial charge in [-0.1, -0.05) is 0 Å². The summed E-state index contributed by atoms with van der Waals surface area (Å²) >= 11 is 0. The van der Waals surface area contributed by atoms with Gasteiger partial charge in [0.2, 0.25) is 6.29 Å². The van der Waals surface area contributed by atoms with Crippen molar-refractivity contribution in [2.24, 2.45) is 0 Å². The Labute approximate surface area is 143 Å². The van der Waals surface area contributed by atoms with Crippen LogP contribution in [0.5, 0.6) is 11.5 Å². The Morgan fingerprint density at radius 1 is 1.20 bits per heavy atom. The third-order valence-corrected chi connectivity index (χ3v) is 3.63. The first-order chi connectivity index (χ1) is 11.8. The Morgan fingerprint density at radius 2 is 1.92 bits per heavy atom. The van der Waals surface area contributed by atoms with Gasteiger partial charge in [0.25, 0.3) is 0 Å². The zero-order chi connectivity index (χ0) is 18.6. The first-order valence-corrected chi connectivity index (χ1v) is 7.43. The van der Waals surface area contributed by atoms with Gasteiger partial charge in [-0.05, 0) is 23.8 Å². The molecule has 1 fully saturated rings. The Kier molecular flexibility index (Phi) is 6.34. The maximum atomic E-state index is 11.1. The lowest BCUT2D eigenvalue weighted by Crippen LogP contribution is -2.60. The second kappa shape index (κ2) is 8.28. The van der Waals surface area contributed by atoms with E-state index in [-0.39, 0.29) is 11.5 Å². The largest absolute Gasteiger partial charge is 0.508 e. The molecule has 5 N–H and O–H groups in total. The molecule has 1 aliphatic rings. The summed E-state index contributed by atoms with van der Waals surface area (Å²) < 4.78 is 15.1. The van der Waals surface area contributed by atoms with Crippen molar-refractivity contribution >= 4 is 12.0 Å². The normalized spacial score (nSPS) is 29.6. The Bertz CT molecular complexity index is 628. The molecule has 0 aromatic heterocycles. The zero-order valence-corrected chi connectivity index (χ0v) is 13.3. The summed E-state index contributed by atoms with van der Waals surface area (Å²) in [4.78, 5) is 11.1. The van der Waals surface area contributed by atoms with E-state index in [1.807, 2.05) is 0 Å². The highest BCUT2D eigenvalue weighted by Gasteiger charge is 2.44. The molecule has 1 aromatic carbocycles. The van der Waals surface area contributed by atoms with Crippen LogP contribution in [0.2, 0.25) is 0 Å². The van der Waals surface area contributed by atoms with Gasteiger partial charge < -0.3 is 39.7 Å². The molecular weight excluding hydrogens is 336 g/mol. The van der Waals surface area contributed by atoms with Crippen LogP contribution in [0.25, 0.3) is 6.08 Å². The van der Waals surface area contributed by atoms with Crippen LogP contribution < -0.4 is 4.74 Å². The first kappa shape index (κ1) is 19.2. The fourth-order valence-corrected chi connectivity index (χ4v) is 2.30. The predicted molar refractivity (Wildman–Crippen MR) is 83.6 cm³/mol. The number of aliphatic hydroxyl groups is 4. The van der Waals surface area contributed by atoms with Gasteiger partial charge in [-0.3, -0.25) is 0 Å². The van der Waals surface area contributed by atoms with Crippen molar-refractivity contribution in [2.75, 3.05) is 13.7 Å². The van der Waals surface area contributed by atoms with E-state index < -0.39 is 43.3 Å². The van der Waals surface area contributed by atoms with Crippen molar-refractivity contribution in [3.8, 4) is 11.5 Å². The number of phenolic OH excluding ortho intramolecular Hbond substituents is 1. The van der Waals surface area contributed by atoms with Gasteiger partial charge in [0, 0.05) is 12.1 Å². The highest BCUT2D eigenvalue weighted by atomic mass is 16.7. The Morgan fingerprint density at radius 3 is 2.56 bits per heavy atom. The SMILES string of the molecule is COC(=O)C=Cc1cc(O)cc(OC2OC(CO)C(O)C(O)C2O)c1. The minimum absolute atomic E-state index is 0.0776. The molecule has 5 unspecified atom stereocenters. The average Bonchev–Trinajstić information content (AvgIpc) is 2.59. The van der Waals surface area contributed by atoms with Crippen LogP contribution in [-0.2, 0) is 14.3 Å². The standard InChI is InChI=1S/C16H20O9/c1-23-12(19)3-2-8-4-9(18)6-10(5-8)24-16-15(22)14(21)13(20)11(7-17)25-16/h2-6,11,13-18,20-22H,7H2,1H3. The summed E-state index contributed by atoms with van der Waals surface area (Å²) in [6.45, 7) is -0.585. The number of benzene rings is 1. The van der Waals surface area contributed by atoms with Crippen molar-refractivity contribution in [2.45, 2.75) is 30.7 Å². The number of aromatic hydroxyl groups is 1. The van der Waals surface area contributed by atoms with Gasteiger partial charge in [-0.25, -0.2) is 4.79 Å². The maximum Gasteiger partial charge on any atom is 0.330 e. The minimum Gasteiger partial charge on any atom is -0.508 e. The summed E-state index contributed by atoms with van der Waals surface area (Å²) in [6, 6.07) is 4.04. The number of hydrogen-bond donors (Lipinski definition) is 5. The van der Waals surface area contributed by atoms with Gasteiger partial charge in [-0.15, -0.1) is 0 Å². The lowest BCUT2D eigenvalue weighted by Gasteiger charge is -2.39. The summed E-state index contributed by atoms with van der Waals surface area (Å²) in [5.41, 5.74) is 0.407. The molecule has 0 amide bonds. The van der Waals surface area contributed by atoms with Crippen LogP contribution in [0.4, 0.5) is 0 Å². The maximum absolute atomic E-state index is 11.1. The summed E-state index contributed by atoms with van der Waals surface area (Å²) in [7, 11) is 1.22. The van der Waals surface area contributed by atoms with Gasteiger partial charge in [0.05, 0.1) is 13.7 Å². The molecule has 25 heavy (non-hydrogen) atoms. The number of carbonyl (C=O) groups is 1. The van der Waals surface area contributed by atoms with Crippen molar-refractivity contribution < 1.29 is 44.5 Å². The van der Waals surface area contributed by atoms with E-state index in [4.69, 9.17) is 14.6 Å². The monoisotopic (exact) mass is 356 g/mol. The van der Waals surface area contributed by atoms with Crippen LogP contribution in [0.1, 0.15) is 5.56 Å². The molecule has 1 aromatic rings. The highest BCUT2D eigenvalue weighted by Crippen LogP contribution is 2.28. The van der Waals surface area contributed by atoms with E-state index in [9.17, 15) is 25.2 Å². The van der Waals surface area contributed by atoms with Crippen LogP contribution >= 0.6 is 0 Å². The van der Waals surface area contributed by atoms with Crippen LogP contribution in [0, 0.1) is 0 Å². The van der Waals surface area contributed by atoms with Gasteiger partial charge in [-0.2, -0.15) is 0 Å². The predicted octanol–water partition coefficient (Wildman–Crippen LogP) is -1.24. The third-order valence-electron chi connectivity index (χ3n) is 3.63. The molecule has 1 saturated heterocycles. The number of ether oxygens (including phenoxy) is 3. The smallest absolute Gasteiger partial charge is 0.330 e. The first-order valence-electron chi connectivity index (χ1n) is 7.43. The third kappa shape index (κ3) is 4.68. The lowest BCUT2D eigenvalue weighted by molar-refractivity contribution is -0.277. The van der Waals surface area contributed by atoms with Crippen LogP contribution in [0.3, 0.4) is 0 Å². The number of esters is 1. The van der Waals surface area contributed by atoms with E-state index >= 15 is 0 Å². The molecule has 9 nitrogen and oxygen atoms in total. The number of carbonyl (C=O) groups excluding carboxylic acids is 1. The quantitative estimate of drug-likeness (QED) is 0.323. The lowest BCUT2D eigenvalue weighted by atomic mass is 9.99. The molecule has 0 bridgehead atoms. The average molecular weight is 356 g/mol. The molecule has 138 valence electrons. The summed E-state index contributed by atoms with van der Waals surface area (Å²) in [6.07, 6.45) is -4.61. The van der Waals surface area contributed by atoms with Crippen LogP contribution in [0.15, 0.2) is 24.3 Å². The summed E-state index contributed by atoms with van der Waals surface area (Å²) in [5, 5.41) is 48.3. The highest BCUT2D eigenvalue weighted by molar-refractivity contribution is 5.87. The molecular formula is C16H20O9. The van der Waals surface area contributed by atoms with E-state index in [2.05, 4.69) is 4.74 Å². The number of aliphatic hydroxyl groups excluding tert-OH is 4. The fourth-order valence-electron chi connectivity index (χ4n) is 2.30. The molecule has 2 rings (SSSR count). The number of hydrogen-bond acceptors (Lipinski definition) is 9. The molecule has 1 aliphatic heterocycles. The van der Waals surface area contributed by atoms with Crippen molar-refractivity contribution in [1.29, 1.82) is 0 Å². The Hall–Kier alpha value is -2.17. The van der Waals surface area contributed by atoms with Gasteiger partial charge in [0.1, 0.15) is 35.9 Å². The zero-order valence-electron chi connectivity index (χ0n) is 13.3. The van der Waals surface area contributed by atoms with Gasteiger partial charge >= 0.3 is 5.97 Å². The molecule has 0 radical (unpaired) electrons. The number of rotatable bonds is 5. The van der Waals surface area contributed by atoms with Crippen molar-refractivity contribution in [1.82, 2.24) is 0 Å². The fraction of sp³-hybridized carbons (Fsp3) is 0.438. The number of methoxy groups -OCH3 is 1. The summed E-state index contributed by atoms with van der Waals surface area (Å²) in [5.74, 6) is -0.680. The van der Waals surface area contributed by atoms with Crippen molar-refractivity contribution in [3.63, 3.8) is 0 Å². The number of phenols is 1. The second-order valence-corrected chi connectivity index (χ2v) is 5.43. The van der Waals surface area contributed by atoms with E-state index in [1.54, 1.807) is 0 Å². The molecule has 0 aliphatic carbocycles. The Balaban J connectivity index is 2.17.